The molecular weight excluding hydrogens is 248 g/mol. The van der Waals surface area contributed by atoms with Crippen molar-refractivity contribution in [2.45, 2.75) is 25.4 Å². The number of anilines is 1. The predicted molar refractivity (Wildman–Crippen MR) is 80.8 cm³/mol. The van der Waals surface area contributed by atoms with Gasteiger partial charge in [-0.2, -0.15) is 0 Å². The van der Waals surface area contributed by atoms with Gasteiger partial charge in [-0.05, 0) is 54.7 Å². The summed E-state index contributed by atoms with van der Waals surface area (Å²) in [5.41, 5.74) is 3.07. The highest BCUT2D eigenvalue weighted by Crippen LogP contribution is 2.25. The second-order valence-corrected chi connectivity index (χ2v) is 5.32. The second-order valence-electron chi connectivity index (χ2n) is 5.32. The zero-order valence-corrected chi connectivity index (χ0v) is 11.6. The van der Waals surface area contributed by atoms with E-state index in [4.69, 9.17) is 0 Å². The summed E-state index contributed by atoms with van der Waals surface area (Å²) in [7, 11) is 0. The van der Waals surface area contributed by atoms with Gasteiger partial charge in [0.15, 0.2) is 0 Å². The summed E-state index contributed by atoms with van der Waals surface area (Å²) in [6.45, 7) is 2.29. The van der Waals surface area contributed by atoms with Gasteiger partial charge in [0.1, 0.15) is 6.10 Å². The molecule has 0 aliphatic carbocycles. The van der Waals surface area contributed by atoms with E-state index in [1.54, 1.807) is 12.4 Å². The lowest BCUT2D eigenvalue weighted by Crippen LogP contribution is -2.29. The maximum atomic E-state index is 10.4. The number of pyridine rings is 1. The molecule has 104 valence electrons. The van der Waals surface area contributed by atoms with Gasteiger partial charge >= 0.3 is 0 Å². The van der Waals surface area contributed by atoms with Crippen molar-refractivity contribution in [3.8, 4) is 0 Å². The van der Waals surface area contributed by atoms with Crippen LogP contribution in [0.25, 0.3) is 0 Å². The first kappa shape index (κ1) is 13.1. The summed E-state index contributed by atoms with van der Waals surface area (Å²) in [6.07, 6.45) is 6.74. The molecule has 1 aliphatic heterocycles. The smallest absolute Gasteiger partial charge is 0.104 e. The first-order chi connectivity index (χ1) is 9.84. The van der Waals surface area contributed by atoms with Gasteiger partial charge in [0.25, 0.3) is 0 Å². The molecule has 1 N–H and O–H groups in total. The molecule has 3 rings (SSSR count). The van der Waals surface area contributed by atoms with E-state index in [2.05, 4.69) is 22.0 Å². The van der Waals surface area contributed by atoms with Crippen LogP contribution in [-0.2, 0) is 0 Å². The SMILES string of the molecule is OC(c1ccncc1)c1ccc(N2CCCCC2)cc1. The fraction of sp³-hybridized carbons (Fsp3) is 0.353. The highest BCUT2D eigenvalue weighted by Gasteiger charge is 2.13. The van der Waals surface area contributed by atoms with Crippen molar-refractivity contribution < 1.29 is 5.11 Å². The highest BCUT2D eigenvalue weighted by atomic mass is 16.3. The summed E-state index contributed by atoms with van der Waals surface area (Å²) in [5, 5.41) is 10.4. The fourth-order valence-electron chi connectivity index (χ4n) is 2.76. The molecule has 1 fully saturated rings. The summed E-state index contributed by atoms with van der Waals surface area (Å²) < 4.78 is 0. The number of benzene rings is 1. The minimum Gasteiger partial charge on any atom is -0.384 e. The Bertz CT molecular complexity index is 533. The molecule has 0 radical (unpaired) electrons. The molecule has 0 saturated carbocycles. The Morgan fingerprint density at radius 1 is 0.850 bits per heavy atom. The van der Waals surface area contributed by atoms with Crippen molar-refractivity contribution >= 4 is 5.69 Å². The summed E-state index contributed by atoms with van der Waals surface area (Å²) in [5.74, 6) is 0. The molecule has 1 aromatic carbocycles. The number of aliphatic hydroxyl groups excluding tert-OH is 1. The van der Waals surface area contributed by atoms with Crippen LogP contribution in [-0.4, -0.2) is 23.2 Å². The Balaban J connectivity index is 1.75. The van der Waals surface area contributed by atoms with E-state index in [0.717, 1.165) is 24.2 Å². The van der Waals surface area contributed by atoms with Gasteiger partial charge in [0, 0.05) is 31.2 Å². The van der Waals surface area contributed by atoms with Crippen molar-refractivity contribution in [1.82, 2.24) is 4.98 Å². The number of piperidine rings is 1. The van der Waals surface area contributed by atoms with Crippen molar-refractivity contribution in [1.29, 1.82) is 0 Å². The van der Waals surface area contributed by atoms with Crippen LogP contribution in [0.5, 0.6) is 0 Å². The number of aromatic nitrogens is 1. The van der Waals surface area contributed by atoms with E-state index in [9.17, 15) is 5.11 Å². The Kier molecular flexibility index (Phi) is 3.97. The normalized spacial score (nSPS) is 16.9. The lowest BCUT2D eigenvalue weighted by Gasteiger charge is -2.29. The van der Waals surface area contributed by atoms with E-state index in [0.29, 0.717) is 0 Å². The Morgan fingerprint density at radius 3 is 2.10 bits per heavy atom. The standard InChI is InChI=1S/C17H20N2O/c20-17(15-8-10-18-11-9-15)14-4-6-16(7-5-14)19-12-2-1-3-13-19/h4-11,17,20H,1-3,12-13H2. The lowest BCUT2D eigenvalue weighted by molar-refractivity contribution is 0.220. The minimum atomic E-state index is -0.576. The number of rotatable bonds is 3. The molecule has 1 saturated heterocycles. The molecule has 2 aromatic rings. The third-order valence-corrected chi connectivity index (χ3v) is 3.95. The molecule has 20 heavy (non-hydrogen) atoms. The third-order valence-electron chi connectivity index (χ3n) is 3.95. The molecule has 0 amide bonds. The molecule has 0 spiro atoms. The van der Waals surface area contributed by atoms with Crippen LogP contribution in [0.15, 0.2) is 48.8 Å². The zero-order valence-electron chi connectivity index (χ0n) is 11.6. The van der Waals surface area contributed by atoms with Crippen LogP contribution in [0.2, 0.25) is 0 Å². The number of hydrogen-bond donors (Lipinski definition) is 1. The topological polar surface area (TPSA) is 36.4 Å². The van der Waals surface area contributed by atoms with Crippen LogP contribution >= 0.6 is 0 Å². The van der Waals surface area contributed by atoms with Crippen molar-refractivity contribution in [2.24, 2.45) is 0 Å². The first-order valence-electron chi connectivity index (χ1n) is 7.27. The summed E-state index contributed by atoms with van der Waals surface area (Å²) in [6, 6.07) is 12.0. The Hall–Kier alpha value is -1.87. The average Bonchev–Trinajstić information content (AvgIpc) is 2.56. The second kappa shape index (κ2) is 6.06. The van der Waals surface area contributed by atoms with Crippen LogP contribution in [0, 0.1) is 0 Å². The van der Waals surface area contributed by atoms with Crippen LogP contribution in [0.3, 0.4) is 0 Å². The van der Waals surface area contributed by atoms with Gasteiger partial charge in [0.2, 0.25) is 0 Å². The van der Waals surface area contributed by atoms with E-state index in [1.807, 2.05) is 24.3 Å². The van der Waals surface area contributed by atoms with E-state index in [-0.39, 0.29) is 0 Å². The number of aliphatic hydroxyl groups is 1. The monoisotopic (exact) mass is 268 g/mol. The molecule has 1 unspecified atom stereocenters. The molecular formula is C17H20N2O. The molecule has 2 heterocycles. The van der Waals surface area contributed by atoms with Gasteiger partial charge in [-0.1, -0.05) is 12.1 Å². The van der Waals surface area contributed by atoms with Crippen molar-refractivity contribution in [2.75, 3.05) is 18.0 Å². The number of hydrogen-bond acceptors (Lipinski definition) is 3. The van der Waals surface area contributed by atoms with Crippen LogP contribution in [0.1, 0.15) is 36.5 Å². The summed E-state index contributed by atoms with van der Waals surface area (Å²) >= 11 is 0. The molecule has 1 atom stereocenters. The van der Waals surface area contributed by atoms with E-state index < -0.39 is 6.10 Å². The third kappa shape index (κ3) is 2.83. The Morgan fingerprint density at radius 2 is 1.45 bits per heavy atom. The summed E-state index contributed by atoms with van der Waals surface area (Å²) in [4.78, 5) is 6.40. The van der Waals surface area contributed by atoms with E-state index in [1.165, 1.54) is 24.9 Å². The maximum Gasteiger partial charge on any atom is 0.104 e. The Labute approximate surface area is 119 Å². The van der Waals surface area contributed by atoms with Gasteiger partial charge < -0.3 is 10.0 Å². The predicted octanol–water partition coefficient (Wildman–Crippen LogP) is 3.15. The number of nitrogens with zero attached hydrogens (tertiary/aromatic N) is 2. The van der Waals surface area contributed by atoms with E-state index >= 15 is 0 Å². The molecule has 0 bridgehead atoms. The lowest BCUT2D eigenvalue weighted by atomic mass is 10.0. The van der Waals surface area contributed by atoms with Gasteiger partial charge in [-0.3, -0.25) is 4.98 Å². The highest BCUT2D eigenvalue weighted by molar-refractivity contribution is 5.49. The van der Waals surface area contributed by atoms with Crippen molar-refractivity contribution in [3.05, 3.63) is 59.9 Å². The molecule has 1 aliphatic rings. The minimum absolute atomic E-state index is 0.576. The quantitative estimate of drug-likeness (QED) is 0.929. The molecule has 1 aromatic heterocycles. The zero-order chi connectivity index (χ0) is 13.8. The van der Waals surface area contributed by atoms with Gasteiger partial charge in [-0.15, -0.1) is 0 Å². The van der Waals surface area contributed by atoms with Crippen LogP contribution in [0.4, 0.5) is 5.69 Å². The van der Waals surface area contributed by atoms with Crippen molar-refractivity contribution in [3.63, 3.8) is 0 Å². The van der Waals surface area contributed by atoms with Crippen LogP contribution < -0.4 is 4.90 Å². The molecule has 3 heteroatoms. The first-order valence-corrected chi connectivity index (χ1v) is 7.27. The van der Waals surface area contributed by atoms with Gasteiger partial charge in [0.05, 0.1) is 0 Å². The average molecular weight is 268 g/mol. The maximum absolute atomic E-state index is 10.4. The largest absolute Gasteiger partial charge is 0.384 e. The van der Waals surface area contributed by atoms with Gasteiger partial charge in [-0.25, -0.2) is 0 Å². The molecule has 3 nitrogen and oxygen atoms in total. The fourth-order valence-corrected chi connectivity index (χ4v) is 2.76.